The summed E-state index contributed by atoms with van der Waals surface area (Å²) in [5, 5.41) is 0. The van der Waals surface area contributed by atoms with Gasteiger partial charge in [-0.05, 0) is 47.4 Å². The number of hydrogen-bond donors (Lipinski definition) is 1. The van der Waals surface area contributed by atoms with Crippen molar-refractivity contribution in [3.8, 4) is 0 Å². The topological polar surface area (TPSA) is 46.3 Å². The predicted molar refractivity (Wildman–Crippen MR) is 69.7 cm³/mol. The Morgan fingerprint density at radius 1 is 1.62 bits per heavy atom. The molecule has 0 atom stereocenters. The molecule has 0 bridgehead atoms. The number of halogens is 1. The van der Waals surface area contributed by atoms with Gasteiger partial charge in [0.25, 0.3) is 5.91 Å². The lowest BCUT2D eigenvalue weighted by Crippen LogP contribution is -2.35. The third kappa shape index (κ3) is 2.47. The average molecular weight is 303 g/mol. The Kier molecular flexibility index (Phi) is 3.37. The Bertz CT molecular complexity index is 400. The number of amides is 1. The standard InChI is InChI=1S/C11H15BrN2OS/c1-14(7-11(6-13)4-5-11)10(15)8-2-3-9(12)16-8/h2-3H,4-7,13H2,1H3. The number of carbonyl (C=O) groups is 1. The van der Waals surface area contributed by atoms with E-state index in [0.717, 1.165) is 28.0 Å². The molecule has 0 spiro atoms. The molecular weight excluding hydrogens is 288 g/mol. The van der Waals surface area contributed by atoms with Crippen LogP contribution in [-0.2, 0) is 0 Å². The number of rotatable bonds is 4. The van der Waals surface area contributed by atoms with Crippen LogP contribution in [0.15, 0.2) is 15.9 Å². The fourth-order valence-corrected chi connectivity index (χ4v) is 3.18. The minimum Gasteiger partial charge on any atom is -0.340 e. The Morgan fingerprint density at radius 3 is 2.75 bits per heavy atom. The molecule has 1 saturated carbocycles. The van der Waals surface area contributed by atoms with E-state index < -0.39 is 0 Å². The van der Waals surface area contributed by atoms with Gasteiger partial charge in [-0.2, -0.15) is 0 Å². The molecule has 1 amide bonds. The molecule has 1 aromatic rings. The predicted octanol–water partition coefficient (Wildman–Crippen LogP) is 2.32. The maximum atomic E-state index is 12.1. The molecule has 2 N–H and O–H groups in total. The van der Waals surface area contributed by atoms with Crippen molar-refractivity contribution in [2.75, 3.05) is 20.1 Å². The number of hydrogen-bond acceptors (Lipinski definition) is 3. The first kappa shape index (κ1) is 12.1. The van der Waals surface area contributed by atoms with Crippen LogP contribution in [0.2, 0.25) is 0 Å². The highest BCUT2D eigenvalue weighted by atomic mass is 79.9. The van der Waals surface area contributed by atoms with E-state index in [9.17, 15) is 4.79 Å². The molecule has 1 aromatic heterocycles. The van der Waals surface area contributed by atoms with Crippen LogP contribution in [-0.4, -0.2) is 30.9 Å². The van der Waals surface area contributed by atoms with Gasteiger partial charge in [0.05, 0.1) is 8.66 Å². The molecule has 1 aliphatic carbocycles. The summed E-state index contributed by atoms with van der Waals surface area (Å²) in [5.74, 6) is 0.0930. The van der Waals surface area contributed by atoms with Crippen LogP contribution >= 0.6 is 27.3 Å². The van der Waals surface area contributed by atoms with Crippen molar-refractivity contribution in [3.63, 3.8) is 0 Å². The first-order chi connectivity index (χ1) is 7.56. The highest BCUT2D eigenvalue weighted by molar-refractivity contribution is 9.11. The quantitative estimate of drug-likeness (QED) is 0.928. The summed E-state index contributed by atoms with van der Waals surface area (Å²) in [5.41, 5.74) is 5.92. The van der Waals surface area contributed by atoms with Crippen molar-refractivity contribution >= 4 is 33.2 Å². The summed E-state index contributed by atoms with van der Waals surface area (Å²) >= 11 is 4.84. The lowest BCUT2D eigenvalue weighted by atomic mass is 10.1. The molecule has 3 nitrogen and oxygen atoms in total. The van der Waals surface area contributed by atoms with E-state index in [1.54, 1.807) is 4.90 Å². The zero-order valence-electron chi connectivity index (χ0n) is 9.20. The maximum absolute atomic E-state index is 12.1. The second-order valence-electron chi connectivity index (χ2n) is 4.47. The van der Waals surface area contributed by atoms with Gasteiger partial charge in [0.2, 0.25) is 0 Å². The van der Waals surface area contributed by atoms with Crippen molar-refractivity contribution in [1.29, 1.82) is 0 Å². The van der Waals surface area contributed by atoms with Crippen LogP contribution in [0.3, 0.4) is 0 Å². The van der Waals surface area contributed by atoms with E-state index in [1.165, 1.54) is 11.3 Å². The van der Waals surface area contributed by atoms with E-state index in [4.69, 9.17) is 5.73 Å². The number of carbonyl (C=O) groups excluding carboxylic acids is 1. The first-order valence-corrected chi connectivity index (χ1v) is 6.88. The Morgan fingerprint density at radius 2 is 2.31 bits per heavy atom. The highest BCUT2D eigenvalue weighted by Crippen LogP contribution is 2.45. The molecule has 1 aliphatic rings. The molecule has 1 fully saturated rings. The zero-order chi connectivity index (χ0) is 11.8. The molecule has 2 rings (SSSR count). The second-order valence-corrected chi connectivity index (χ2v) is 6.93. The minimum absolute atomic E-state index is 0.0930. The van der Waals surface area contributed by atoms with Crippen molar-refractivity contribution < 1.29 is 4.79 Å². The van der Waals surface area contributed by atoms with Gasteiger partial charge in [-0.15, -0.1) is 11.3 Å². The Balaban J connectivity index is 1.99. The lowest BCUT2D eigenvalue weighted by molar-refractivity contribution is 0.0771. The van der Waals surface area contributed by atoms with Crippen molar-refractivity contribution in [2.45, 2.75) is 12.8 Å². The van der Waals surface area contributed by atoms with Crippen LogP contribution in [0.4, 0.5) is 0 Å². The van der Waals surface area contributed by atoms with Crippen molar-refractivity contribution in [1.82, 2.24) is 4.90 Å². The normalized spacial score (nSPS) is 17.2. The molecule has 5 heteroatoms. The fourth-order valence-electron chi connectivity index (χ4n) is 1.80. The van der Waals surface area contributed by atoms with E-state index in [1.807, 2.05) is 19.2 Å². The SMILES string of the molecule is CN(CC1(CN)CC1)C(=O)c1ccc(Br)s1. The number of nitrogens with zero attached hydrogens (tertiary/aromatic N) is 1. The van der Waals surface area contributed by atoms with Crippen molar-refractivity contribution in [3.05, 3.63) is 20.8 Å². The van der Waals surface area contributed by atoms with Crippen molar-refractivity contribution in [2.24, 2.45) is 11.1 Å². The second kappa shape index (κ2) is 4.47. The summed E-state index contributed by atoms with van der Waals surface area (Å²) in [6.07, 6.45) is 2.30. The largest absolute Gasteiger partial charge is 0.340 e. The first-order valence-electron chi connectivity index (χ1n) is 5.27. The molecule has 0 saturated heterocycles. The smallest absolute Gasteiger partial charge is 0.263 e. The number of thiophene rings is 1. The van der Waals surface area contributed by atoms with Gasteiger partial charge in [-0.25, -0.2) is 0 Å². The number of nitrogens with two attached hydrogens (primary N) is 1. The summed E-state index contributed by atoms with van der Waals surface area (Å²) in [6, 6.07) is 3.76. The molecule has 0 aliphatic heterocycles. The van der Waals surface area contributed by atoms with Crippen LogP contribution in [0.25, 0.3) is 0 Å². The zero-order valence-corrected chi connectivity index (χ0v) is 11.6. The Labute approximate surface area is 108 Å². The van der Waals surface area contributed by atoms with Crippen LogP contribution < -0.4 is 5.73 Å². The fraction of sp³-hybridized carbons (Fsp3) is 0.545. The van der Waals surface area contributed by atoms with E-state index in [0.29, 0.717) is 6.54 Å². The van der Waals surface area contributed by atoms with Crippen LogP contribution in [0.5, 0.6) is 0 Å². The molecule has 0 unspecified atom stereocenters. The van der Waals surface area contributed by atoms with Gasteiger partial charge in [0.1, 0.15) is 0 Å². The maximum Gasteiger partial charge on any atom is 0.263 e. The van der Waals surface area contributed by atoms with E-state index in [2.05, 4.69) is 15.9 Å². The Hall–Kier alpha value is -0.390. The molecule has 0 radical (unpaired) electrons. The van der Waals surface area contributed by atoms with E-state index in [-0.39, 0.29) is 11.3 Å². The summed E-state index contributed by atoms with van der Waals surface area (Å²) < 4.78 is 0.990. The molecule has 1 heterocycles. The molecule has 0 aromatic carbocycles. The van der Waals surface area contributed by atoms with Gasteiger partial charge < -0.3 is 10.6 Å². The average Bonchev–Trinajstić information content (AvgIpc) is 2.91. The van der Waals surface area contributed by atoms with Gasteiger partial charge in [0.15, 0.2) is 0 Å². The molecule has 16 heavy (non-hydrogen) atoms. The third-order valence-corrected chi connectivity index (χ3v) is 4.71. The summed E-state index contributed by atoms with van der Waals surface area (Å²) in [7, 11) is 1.85. The highest BCUT2D eigenvalue weighted by Gasteiger charge is 2.42. The lowest BCUT2D eigenvalue weighted by Gasteiger charge is -2.22. The van der Waals surface area contributed by atoms with E-state index >= 15 is 0 Å². The monoisotopic (exact) mass is 302 g/mol. The minimum atomic E-state index is 0.0930. The van der Waals surface area contributed by atoms with Crippen LogP contribution in [0, 0.1) is 5.41 Å². The van der Waals surface area contributed by atoms with Gasteiger partial charge in [0, 0.05) is 19.0 Å². The molecule has 88 valence electrons. The molecular formula is C11H15BrN2OS. The van der Waals surface area contributed by atoms with Gasteiger partial charge in [-0.1, -0.05) is 0 Å². The van der Waals surface area contributed by atoms with Gasteiger partial charge in [-0.3, -0.25) is 4.79 Å². The summed E-state index contributed by atoms with van der Waals surface area (Å²) in [4.78, 5) is 14.6. The summed E-state index contributed by atoms with van der Waals surface area (Å²) in [6.45, 7) is 1.45. The van der Waals surface area contributed by atoms with Crippen LogP contribution in [0.1, 0.15) is 22.5 Å². The third-order valence-electron chi connectivity index (χ3n) is 3.09. The van der Waals surface area contributed by atoms with Gasteiger partial charge >= 0.3 is 0 Å².